The normalized spacial score (nSPS) is 15.4. The minimum atomic E-state index is -0.247. The third-order valence-electron chi connectivity index (χ3n) is 2.10. The molecule has 0 rings (SSSR count). The van der Waals surface area contributed by atoms with E-state index in [-0.39, 0.29) is 18.6 Å². The highest BCUT2D eigenvalue weighted by Crippen LogP contribution is 2.16. The summed E-state index contributed by atoms with van der Waals surface area (Å²) in [5.74, 6) is 0.265. The lowest BCUT2D eigenvalue weighted by molar-refractivity contribution is 0.160. The molecule has 0 aromatic heterocycles. The van der Waals surface area contributed by atoms with Crippen molar-refractivity contribution in [1.29, 1.82) is 0 Å². The first-order chi connectivity index (χ1) is 6.10. The van der Waals surface area contributed by atoms with Gasteiger partial charge in [-0.25, -0.2) is 0 Å². The average molecular weight is 186 g/mol. The SMILES string of the molecule is C=C(C[C@H](C)CO)C[C@@H](O)CCC. The van der Waals surface area contributed by atoms with E-state index in [0.717, 1.165) is 24.8 Å². The highest BCUT2D eigenvalue weighted by Gasteiger charge is 2.08. The summed E-state index contributed by atoms with van der Waals surface area (Å²) in [5.41, 5.74) is 1.04. The standard InChI is InChI=1S/C11H22O2/c1-4-5-11(13)7-9(2)6-10(3)8-12/h10-13H,2,4-8H2,1,3H3/t10-,11-/m0/s1. The molecule has 0 fully saturated rings. The van der Waals surface area contributed by atoms with Gasteiger partial charge in [0.15, 0.2) is 0 Å². The minimum Gasteiger partial charge on any atom is -0.396 e. The van der Waals surface area contributed by atoms with Gasteiger partial charge >= 0.3 is 0 Å². The van der Waals surface area contributed by atoms with Gasteiger partial charge in [-0.2, -0.15) is 0 Å². The van der Waals surface area contributed by atoms with Crippen molar-refractivity contribution in [2.75, 3.05) is 6.61 Å². The highest BCUT2D eigenvalue weighted by molar-refractivity contribution is 4.97. The van der Waals surface area contributed by atoms with E-state index in [9.17, 15) is 5.11 Å². The molecule has 2 heteroatoms. The molecule has 13 heavy (non-hydrogen) atoms. The molecule has 2 N–H and O–H groups in total. The second kappa shape index (κ2) is 7.10. The van der Waals surface area contributed by atoms with Crippen molar-refractivity contribution in [1.82, 2.24) is 0 Å². The van der Waals surface area contributed by atoms with Crippen molar-refractivity contribution in [3.05, 3.63) is 12.2 Å². The summed E-state index contributed by atoms with van der Waals surface area (Å²) >= 11 is 0. The molecule has 0 aliphatic rings. The fraction of sp³-hybridized carbons (Fsp3) is 0.818. The van der Waals surface area contributed by atoms with Gasteiger partial charge in [-0.15, -0.1) is 0 Å². The van der Waals surface area contributed by atoms with Gasteiger partial charge in [0.25, 0.3) is 0 Å². The van der Waals surface area contributed by atoms with Crippen molar-refractivity contribution in [2.24, 2.45) is 5.92 Å². The summed E-state index contributed by atoms with van der Waals surface area (Å²) in [6.07, 6.45) is 3.09. The summed E-state index contributed by atoms with van der Waals surface area (Å²) in [5, 5.41) is 18.3. The molecule has 0 saturated heterocycles. The summed E-state index contributed by atoms with van der Waals surface area (Å²) in [6.45, 7) is 8.13. The largest absolute Gasteiger partial charge is 0.396 e. The van der Waals surface area contributed by atoms with E-state index in [2.05, 4.69) is 13.5 Å². The number of hydrogen-bond donors (Lipinski definition) is 2. The molecule has 0 radical (unpaired) electrons. The number of aliphatic hydroxyl groups is 2. The third-order valence-corrected chi connectivity index (χ3v) is 2.10. The molecule has 0 spiro atoms. The molecular formula is C11H22O2. The van der Waals surface area contributed by atoms with Gasteiger partial charge in [-0.05, 0) is 25.2 Å². The molecule has 0 aromatic rings. The van der Waals surface area contributed by atoms with Crippen LogP contribution in [0.15, 0.2) is 12.2 Å². The van der Waals surface area contributed by atoms with E-state index in [1.165, 1.54) is 0 Å². The van der Waals surface area contributed by atoms with Gasteiger partial charge in [0.2, 0.25) is 0 Å². The zero-order valence-electron chi connectivity index (χ0n) is 8.79. The Balaban J connectivity index is 3.61. The van der Waals surface area contributed by atoms with Crippen LogP contribution in [-0.2, 0) is 0 Å². The van der Waals surface area contributed by atoms with Crippen LogP contribution in [0.25, 0.3) is 0 Å². The Labute approximate surface area is 81.3 Å². The van der Waals surface area contributed by atoms with Crippen LogP contribution in [0.1, 0.15) is 39.5 Å². The second-order valence-corrected chi connectivity index (χ2v) is 3.89. The summed E-state index contributed by atoms with van der Waals surface area (Å²) in [6, 6.07) is 0. The van der Waals surface area contributed by atoms with Crippen LogP contribution >= 0.6 is 0 Å². The van der Waals surface area contributed by atoms with E-state index in [4.69, 9.17) is 5.11 Å². The number of hydrogen-bond acceptors (Lipinski definition) is 2. The number of rotatable bonds is 7. The first kappa shape index (κ1) is 12.7. The summed E-state index contributed by atoms with van der Waals surface area (Å²) in [7, 11) is 0. The first-order valence-corrected chi connectivity index (χ1v) is 5.05. The second-order valence-electron chi connectivity index (χ2n) is 3.89. The molecule has 0 aliphatic heterocycles. The van der Waals surface area contributed by atoms with Crippen LogP contribution in [0.3, 0.4) is 0 Å². The predicted octanol–water partition coefficient (Wildman–Crippen LogP) is 2.11. The molecule has 0 unspecified atom stereocenters. The molecule has 2 atom stereocenters. The molecule has 78 valence electrons. The molecule has 0 aliphatic carbocycles. The van der Waals surface area contributed by atoms with Crippen LogP contribution in [0.4, 0.5) is 0 Å². The minimum absolute atomic E-state index is 0.197. The van der Waals surface area contributed by atoms with Crippen molar-refractivity contribution in [3.63, 3.8) is 0 Å². The quantitative estimate of drug-likeness (QED) is 0.598. The van der Waals surface area contributed by atoms with Crippen molar-refractivity contribution in [2.45, 2.75) is 45.6 Å². The van der Waals surface area contributed by atoms with Crippen LogP contribution in [0.5, 0.6) is 0 Å². The summed E-state index contributed by atoms with van der Waals surface area (Å²) in [4.78, 5) is 0. The Morgan fingerprint density at radius 3 is 2.46 bits per heavy atom. The van der Waals surface area contributed by atoms with Gasteiger partial charge in [-0.1, -0.05) is 32.4 Å². The van der Waals surface area contributed by atoms with E-state index >= 15 is 0 Å². The Kier molecular flexibility index (Phi) is 6.92. The van der Waals surface area contributed by atoms with Crippen LogP contribution in [0, 0.1) is 5.92 Å². The Hall–Kier alpha value is -0.340. The molecule has 0 aromatic carbocycles. The van der Waals surface area contributed by atoms with Crippen molar-refractivity contribution < 1.29 is 10.2 Å². The van der Waals surface area contributed by atoms with Crippen molar-refractivity contribution in [3.8, 4) is 0 Å². The monoisotopic (exact) mass is 186 g/mol. The van der Waals surface area contributed by atoms with Gasteiger partial charge in [0.05, 0.1) is 6.10 Å². The van der Waals surface area contributed by atoms with E-state index in [1.54, 1.807) is 0 Å². The highest BCUT2D eigenvalue weighted by atomic mass is 16.3. The Bertz CT molecular complexity index is 143. The molecule has 0 bridgehead atoms. The maximum absolute atomic E-state index is 9.48. The zero-order chi connectivity index (χ0) is 10.3. The molecule has 0 heterocycles. The first-order valence-electron chi connectivity index (χ1n) is 5.05. The average Bonchev–Trinajstić information content (AvgIpc) is 2.04. The van der Waals surface area contributed by atoms with Crippen LogP contribution < -0.4 is 0 Å². The molecule has 2 nitrogen and oxygen atoms in total. The smallest absolute Gasteiger partial charge is 0.0577 e. The van der Waals surface area contributed by atoms with E-state index < -0.39 is 0 Å². The maximum Gasteiger partial charge on any atom is 0.0577 e. The Morgan fingerprint density at radius 1 is 1.38 bits per heavy atom. The lowest BCUT2D eigenvalue weighted by Gasteiger charge is -2.14. The fourth-order valence-electron chi connectivity index (χ4n) is 1.41. The topological polar surface area (TPSA) is 40.5 Å². The van der Waals surface area contributed by atoms with Gasteiger partial charge in [0, 0.05) is 6.61 Å². The van der Waals surface area contributed by atoms with E-state index in [0.29, 0.717) is 6.42 Å². The van der Waals surface area contributed by atoms with Crippen molar-refractivity contribution >= 4 is 0 Å². The third kappa shape index (κ3) is 6.79. The van der Waals surface area contributed by atoms with Crippen LogP contribution in [-0.4, -0.2) is 22.9 Å². The molecule has 0 saturated carbocycles. The number of aliphatic hydroxyl groups excluding tert-OH is 2. The Morgan fingerprint density at radius 2 is 2.00 bits per heavy atom. The maximum atomic E-state index is 9.48. The lowest BCUT2D eigenvalue weighted by atomic mass is 9.97. The molecule has 0 amide bonds. The zero-order valence-corrected chi connectivity index (χ0v) is 8.79. The van der Waals surface area contributed by atoms with Gasteiger partial charge < -0.3 is 10.2 Å². The van der Waals surface area contributed by atoms with Gasteiger partial charge in [0.1, 0.15) is 0 Å². The van der Waals surface area contributed by atoms with Gasteiger partial charge in [-0.3, -0.25) is 0 Å². The van der Waals surface area contributed by atoms with Crippen LogP contribution in [0.2, 0.25) is 0 Å². The fourth-order valence-corrected chi connectivity index (χ4v) is 1.41. The molecular weight excluding hydrogens is 164 g/mol. The summed E-state index contributed by atoms with van der Waals surface area (Å²) < 4.78 is 0. The lowest BCUT2D eigenvalue weighted by Crippen LogP contribution is -2.09. The van der Waals surface area contributed by atoms with E-state index in [1.807, 2.05) is 6.92 Å². The predicted molar refractivity (Wildman–Crippen MR) is 55.5 cm³/mol.